The lowest BCUT2D eigenvalue weighted by molar-refractivity contribution is -0.384. The summed E-state index contributed by atoms with van der Waals surface area (Å²) >= 11 is 4.73. The van der Waals surface area contributed by atoms with Crippen molar-refractivity contribution in [3.05, 3.63) is 87.1 Å². The third-order valence-corrected chi connectivity index (χ3v) is 5.35. The smallest absolute Gasteiger partial charge is 0.277 e. The van der Waals surface area contributed by atoms with E-state index < -0.39 is 0 Å². The lowest BCUT2D eigenvalue weighted by Crippen LogP contribution is -1.96. The van der Waals surface area contributed by atoms with Crippen molar-refractivity contribution < 1.29 is 9.34 Å². The van der Waals surface area contributed by atoms with E-state index in [2.05, 4.69) is 26.1 Å². The van der Waals surface area contributed by atoms with Gasteiger partial charge in [0.2, 0.25) is 5.89 Å². The Kier molecular flexibility index (Phi) is 5.27. The first-order valence-corrected chi connectivity index (χ1v) is 10.0. The van der Waals surface area contributed by atoms with E-state index in [0.717, 1.165) is 21.3 Å². The van der Waals surface area contributed by atoms with Gasteiger partial charge in [0.05, 0.1) is 10.6 Å². The number of hydrogen-bond donors (Lipinski definition) is 0. The van der Waals surface area contributed by atoms with Crippen LogP contribution in [-0.4, -0.2) is 19.7 Å². The molecule has 0 aliphatic carbocycles. The standard InChI is InChI=1S/C19H13BrN4O3S/c20-15-5-3-14(4-6-15)18-21-22-19(27-18)28-12-13-9-16(23-7-1-2-8-23)11-17(10-13)24(25)26/h1-11H,12H2. The summed E-state index contributed by atoms with van der Waals surface area (Å²) in [5, 5.41) is 19.8. The van der Waals surface area contributed by atoms with Gasteiger partial charge in [0.1, 0.15) is 0 Å². The highest BCUT2D eigenvalue weighted by Crippen LogP contribution is 2.29. The summed E-state index contributed by atoms with van der Waals surface area (Å²) in [6.07, 6.45) is 3.69. The minimum absolute atomic E-state index is 0.0443. The van der Waals surface area contributed by atoms with Crippen LogP contribution >= 0.6 is 27.7 Å². The van der Waals surface area contributed by atoms with Crippen LogP contribution in [0.3, 0.4) is 0 Å². The van der Waals surface area contributed by atoms with E-state index in [-0.39, 0.29) is 10.6 Å². The largest absolute Gasteiger partial charge is 0.411 e. The van der Waals surface area contributed by atoms with E-state index in [1.807, 2.05) is 59.4 Å². The maximum atomic E-state index is 11.3. The Morgan fingerprint density at radius 2 is 1.86 bits per heavy atom. The van der Waals surface area contributed by atoms with Crippen LogP contribution in [0.4, 0.5) is 5.69 Å². The predicted octanol–water partition coefficient (Wildman–Crippen LogP) is 5.49. The highest BCUT2D eigenvalue weighted by molar-refractivity contribution is 9.10. The second-order valence-corrected chi connectivity index (χ2v) is 7.72. The van der Waals surface area contributed by atoms with Gasteiger partial charge in [-0.1, -0.05) is 27.7 Å². The van der Waals surface area contributed by atoms with Gasteiger partial charge in [-0.15, -0.1) is 10.2 Å². The van der Waals surface area contributed by atoms with Crippen LogP contribution in [0, 0.1) is 10.1 Å². The van der Waals surface area contributed by atoms with Crippen molar-refractivity contribution in [1.82, 2.24) is 14.8 Å². The van der Waals surface area contributed by atoms with Crippen LogP contribution in [0.2, 0.25) is 0 Å². The summed E-state index contributed by atoms with van der Waals surface area (Å²) in [6.45, 7) is 0. The molecule has 4 aromatic rings. The van der Waals surface area contributed by atoms with Gasteiger partial charge in [-0.3, -0.25) is 10.1 Å². The quantitative estimate of drug-likeness (QED) is 0.216. The Labute approximate surface area is 172 Å². The number of aromatic nitrogens is 3. The number of nitro benzene ring substituents is 1. The molecule has 0 unspecified atom stereocenters. The van der Waals surface area contributed by atoms with Crippen molar-refractivity contribution in [2.24, 2.45) is 0 Å². The zero-order chi connectivity index (χ0) is 19.5. The van der Waals surface area contributed by atoms with Crippen LogP contribution in [0.25, 0.3) is 17.1 Å². The summed E-state index contributed by atoms with van der Waals surface area (Å²) in [5.74, 6) is 0.903. The third kappa shape index (κ3) is 4.15. The molecule has 2 aromatic carbocycles. The van der Waals surface area contributed by atoms with E-state index in [0.29, 0.717) is 16.9 Å². The second kappa shape index (κ2) is 7.99. The molecule has 0 aliphatic rings. The molecular weight excluding hydrogens is 444 g/mol. The van der Waals surface area contributed by atoms with E-state index >= 15 is 0 Å². The summed E-state index contributed by atoms with van der Waals surface area (Å²) in [4.78, 5) is 10.9. The molecule has 4 rings (SSSR count). The van der Waals surface area contributed by atoms with E-state index in [1.165, 1.54) is 11.8 Å². The lowest BCUT2D eigenvalue weighted by Gasteiger charge is -2.06. The van der Waals surface area contributed by atoms with Crippen molar-refractivity contribution in [1.29, 1.82) is 0 Å². The summed E-state index contributed by atoms with van der Waals surface area (Å²) in [5.41, 5.74) is 2.40. The molecule has 0 radical (unpaired) electrons. The molecule has 0 atom stereocenters. The van der Waals surface area contributed by atoms with Crippen molar-refractivity contribution in [3.63, 3.8) is 0 Å². The molecule has 0 amide bonds. The molecule has 140 valence electrons. The first-order valence-electron chi connectivity index (χ1n) is 8.22. The van der Waals surface area contributed by atoms with Crippen molar-refractivity contribution >= 4 is 33.4 Å². The van der Waals surface area contributed by atoms with Crippen LogP contribution in [0.1, 0.15) is 5.56 Å². The van der Waals surface area contributed by atoms with Crippen LogP contribution in [0.5, 0.6) is 0 Å². The SMILES string of the molecule is O=[N+]([O-])c1cc(CSc2nnc(-c3ccc(Br)cc3)o2)cc(-n2cccc2)c1. The molecule has 7 nitrogen and oxygen atoms in total. The number of non-ortho nitro benzene ring substituents is 1. The highest BCUT2D eigenvalue weighted by Gasteiger charge is 2.13. The zero-order valence-corrected chi connectivity index (χ0v) is 16.8. The molecule has 28 heavy (non-hydrogen) atoms. The number of halogens is 1. The molecule has 0 aliphatic heterocycles. The van der Waals surface area contributed by atoms with Crippen molar-refractivity contribution in [2.75, 3.05) is 0 Å². The summed E-state index contributed by atoms with van der Waals surface area (Å²) < 4.78 is 8.50. The molecule has 0 spiro atoms. The normalized spacial score (nSPS) is 10.9. The number of thioether (sulfide) groups is 1. The average molecular weight is 457 g/mol. The Bertz CT molecular complexity index is 1110. The molecule has 0 fully saturated rings. The minimum atomic E-state index is -0.389. The highest BCUT2D eigenvalue weighted by atomic mass is 79.9. The van der Waals surface area contributed by atoms with Crippen LogP contribution < -0.4 is 0 Å². The minimum Gasteiger partial charge on any atom is -0.411 e. The fourth-order valence-electron chi connectivity index (χ4n) is 2.62. The molecular formula is C19H13BrN4O3S. The van der Waals surface area contributed by atoms with Gasteiger partial charge in [0.25, 0.3) is 10.9 Å². The van der Waals surface area contributed by atoms with E-state index in [9.17, 15) is 10.1 Å². The van der Waals surface area contributed by atoms with Crippen LogP contribution in [0.15, 0.2) is 81.1 Å². The van der Waals surface area contributed by atoms with E-state index in [1.54, 1.807) is 12.1 Å². The fourth-order valence-corrected chi connectivity index (χ4v) is 3.58. The van der Waals surface area contributed by atoms with Gasteiger partial charge in [-0.2, -0.15) is 0 Å². The molecule has 2 aromatic heterocycles. The van der Waals surface area contributed by atoms with Gasteiger partial charge < -0.3 is 8.98 Å². The second-order valence-electron chi connectivity index (χ2n) is 5.87. The van der Waals surface area contributed by atoms with E-state index in [4.69, 9.17) is 4.42 Å². The van der Waals surface area contributed by atoms with Gasteiger partial charge in [-0.05, 0) is 48.0 Å². The molecule has 0 saturated carbocycles. The average Bonchev–Trinajstić information content (AvgIpc) is 3.39. The van der Waals surface area contributed by atoms with Gasteiger partial charge in [-0.25, -0.2) is 0 Å². The van der Waals surface area contributed by atoms with Crippen molar-refractivity contribution in [3.8, 4) is 17.1 Å². The molecule has 2 heterocycles. The number of rotatable bonds is 6. The molecule has 0 N–H and O–H groups in total. The lowest BCUT2D eigenvalue weighted by atomic mass is 10.2. The number of hydrogen-bond acceptors (Lipinski definition) is 6. The van der Waals surface area contributed by atoms with Crippen molar-refractivity contribution in [2.45, 2.75) is 11.0 Å². The van der Waals surface area contributed by atoms with Crippen LogP contribution in [-0.2, 0) is 5.75 Å². The molecule has 0 saturated heterocycles. The summed E-state index contributed by atoms with van der Waals surface area (Å²) in [6, 6.07) is 16.3. The van der Waals surface area contributed by atoms with Gasteiger partial charge in [0, 0.05) is 40.3 Å². The Morgan fingerprint density at radius 1 is 1.11 bits per heavy atom. The number of nitrogens with zero attached hydrogens (tertiary/aromatic N) is 4. The predicted molar refractivity (Wildman–Crippen MR) is 109 cm³/mol. The third-order valence-electron chi connectivity index (χ3n) is 3.94. The zero-order valence-electron chi connectivity index (χ0n) is 14.4. The monoisotopic (exact) mass is 456 g/mol. The molecule has 9 heteroatoms. The molecule has 0 bridgehead atoms. The number of nitro groups is 1. The first-order chi connectivity index (χ1) is 13.6. The van der Waals surface area contributed by atoms with Gasteiger partial charge >= 0.3 is 0 Å². The first kappa shape index (κ1) is 18.5. The fraction of sp³-hybridized carbons (Fsp3) is 0.0526. The maximum absolute atomic E-state index is 11.3. The maximum Gasteiger partial charge on any atom is 0.277 e. The number of benzene rings is 2. The Balaban J connectivity index is 1.53. The summed E-state index contributed by atoms with van der Waals surface area (Å²) in [7, 11) is 0. The Hall–Kier alpha value is -2.91. The van der Waals surface area contributed by atoms with Gasteiger partial charge in [0.15, 0.2) is 0 Å². The Morgan fingerprint density at radius 3 is 2.57 bits per heavy atom. The topological polar surface area (TPSA) is 87.0 Å².